The predicted octanol–water partition coefficient (Wildman–Crippen LogP) is 3.23. The molecule has 7 heteroatoms. The van der Waals surface area contributed by atoms with E-state index in [2.05, 4.69) is 43.7 Å². The molecule has 3 aromatic rings. The number of H-pyrrole nitrogens is 1. The van der Waals surface area contributed by atoms with E-state index in [-0.39, 0.29) is 0 Å². The molecule has 0 spiro atoms. The van der Waals surface area contributed by atoms with Gasteiger partial charge >= 0.3 is 0 Å². The molecular weight excluding hydrogens is 354 g/mol. The Kier molecular flexibility index (Phi) is 5.73. The molecule has 4 rings (SSSR count). The number of nitrogens with zero attached hydrogens (tertiary/aromatic N) is 4. The van der Waals surface area contributed by atoms with Gasteiger partial charge in [-0.15, -0.1) is 0 Å². The van der Waals surface area contributed by atoms with E-state index in [1.165, 1.54) is 0 Å². The third kappa shape index (κ3) is 3.95. The molecule has 0 amide bonds. The summed E-state index contributed by atoms with van der Waals surface area (Å²) in [6, 6.07) is 8.39. The zero-order valence-corrected chi connectivity index (χ0v) is 16.5. The van der Waals surface area contributed by atoms with Gasteiger partial charge in [-0.05, 0) is 38.1 Å². The highest BCUT2D eigenvalue weighted by Gasteiger charge is 2.19. The summed E-state index contributed by atoms with van der Waals surface area (Å²) in [4.78, 5) is 6.87. The van der Waals surface area contributed by atoms with Crippen LogP contribution in [-0.4, -0.2) is 64.1 Å². The van der Waals surface area contributed by atoms with Crippen molar-refractivity contribution < 1.29 is 9.47 Å². The summed E-state index contributed by atoms with van der Waals surface area (Å²) in [5, 5.41) is 7.46. The molecule has 0 saturated carbocycles. The largest absolute Gasteiger partial charge is 0.494 e. The zero-order chi connectivity index (χ0) is 19.3. The molecule has 7 nitrogen and oxygen atoms in total. The average molecular weight is 381 g/mol. The van der Waals surface area contributed by atoms with E-state index in [1.54, 1.807) is 0 Å². The lowest BCUT2D eigenvalue weighted by Crippen LogP contribution is -2.39. The summed E-state index contributed by atoms with van der Waals surface area (Å²) in [6.45, 7) is 9.45. The Morgan fingerprint density at radius 3 is 2.71 bits per heavy atom. The Bertz CT molecular complexity index is 880. The molecule has 1 aliphatic rings. The van der Waals surface area contributed by atoms with Crippen LogP contribution in [0.5, 0.6) is 5.75 Å². The molecule has 28 heavy (non-hydrogen) atoms. The van der Waals surface area contributed by atoms with E-state index in [1.807, 2.05) is 37.8 Å². The number of imidazole rings is 1. The van der Waals surface area contributed by atoms with Crippen LogP contribution in [0.2, 0.25) is 0 Å². The van der Waals surface area contributed by atoms with Crippen LogP contribution in [-0.2, 0) is 4.74 Å². The van der Waals surface area contributed by atoms with Crippen molar-refractivity contribution >= 4 is 0 Å². The van der Waals surface area contributed by atoms with Crippen molar-refractivity contribution in [3.05, 3.63) is 43.0 Å². The van der Waals surface area contributed by atoms with Gasteiger partial charge in [-0.2, -0.15) is 5.10 Å². The van der Waals surface area contributed by atoms with Crippen molar-refractivity contribution in [1.82, 2.24) is 24.6 Å². The Morgan fingerprint density at radius 2 is 1.96 bits per heavy atom. The number of nitrogens with one attached hydrogen (secondary N) is 1. The molecule has 1 N–H and O–H groups in total. The van der Waals surface area contributed by atoms with Crippen LogP contribution >= 0.6 is 0 Å². The van der Waals surface area contributed by atoms with E-state index >= 15 is 0 Å². The molecule has 0 unspecified atom stereocenters. The summed E-state index contributed by atoms with van der Waals surface area (Å²) < 4.78 is 13.2. The standard InChI is InChI=1S/C21H27N5O2/c1-3-28-18-6-4-17(5-7-18)21-19(12-23-24-21)20-13-22-15-26(20)16(2)14-25-8-10-27-11-9-25/h4-7,12-13,15-16H,3,8-11,14H2,1-2H3,(H,23,24)/t16-/m1/s1. The molecular formula is C21H27N5O2. The fourth-order valence-electron chi connectivity index (χ4n) is 3.69. The van der Waals surface area contributed by atoms with Crippen molar-refractivity contribution in [3.63, 3.8) is 0 Å². The van der Waals surface area contributed by atoms with Gasteiger partial charge in [-0.1, -0.05) is 0 Å². The molecule has 1 fully saturated rings. The lowest BCUT2D eigenvalue weighted by Gasteiger charge is -2.30. The smallest absolute Gasteiger partial charge is 0.119 e. The van der Waals surface area contributed by atoms with Gasteiger partial charge in [-0.3, -0.25) is 10.00 Å². The second kappa shape index (κ2) is 8.58. The maximum atomic E-state index is 5.55. The van der Waals surface area contributed by atoms with Gasteiger partial charge in [0, 0.05) is 36.8 Å². The number of morpholine rings is 1. The average Bonchev–Trinajstić information content (AvgIpc) is 3.39. The summed E-state index contributed by atoms with van der Waals surface area (Å²) in [5.74, 6) is 0.872. The molecule has 0 bridgehead atoms. The Balaban J connectivity index is 1.57. The number of aromatic amines is 1. The maximum absolute atomic E-state index is 5.55. The highest BCUT2D eigenvalue weighted by Crippen LogP contribution is 2.32. The monoisotopic (exact) mass is 381 g/mol. The molecule has 0 aliphatic carbocycles. The van der Waals surface area contributed by atoms with Crippen molar-refractivity contribution in [2.75, 3.05) is 39.5 Å². The summed E-state index contributed by atoms with van der Waals surface area (Å²) in [6.07, 6.45) is 5.70. The van der Waals surface area contributed by atoms with E-state index in [9.17, 15) is 0 Å². The molecule has 1 atom stereocenters. The number of ether oxygens (including phenoxy) is 2. The van der Waals surface area contributed by atoms with Crippen LogP contribution in [0.3, 0.4) is 0 Å². The van der Waals surface area contributed by atoms with Gasteiger partial charge in [0.25, 0.3) is 0 Å². The summed E-state index contributed by atoms with van der Waals surface area (Å²) in [5.41, 5.74) is 4.18. The van der Waals surface area contributed by atoms with Crippen LogP contribution in [0, 0.1) is 0 Å². The number of hydrogen-bond donors (Lipinski definition) is 1. The van der Waals surface area contributed by atoms with Gasteiger partial charge in [0.1, 0.15) is 5.75 Å². The Labute approximate surface area is 165 Å². The van der Waals surface area contributed by atoms with Gasteiger partial charge < -0.3 is 14.0 Å². The minimum Gasteiger partial charge on any atom is -0.494 e. The minimum atomic E-state index is 0.304. The number of aromatic nitrogens is 4. The normalized spacial score (nSPS) is 16.2. The highest BCUT2D eigenvalue weighted by molar-refractivity contribution is 5.78. The molecule has 2 aromatic heterocycles. The molecule has 1 aromatic carbocycles. The SMILES string of the molecule is CCOc1ccc(-c2[nH]ncc2-c2cncn2[C@H](C)CN2CCOCC2)cc1. The highest BCUT2D eigenvalue weighted by atomic mass is 16.5. The van der Waals surface area contributed by atoms with Gasteiger partial charge in [0.15, 0.2) is 0 Å². The first kappa shape index (κ1) is 18.7. The first-order valence-electron chi connectivity index (χ1n) is 9.85. The molecule has 0 radical (unpaired) electrons. The lowest BCUT2D eigenvalue weighted by molar-refractivity contribution is 0.0326. The van der Waals surface area contributed by atoms with Crippen molar-refractivity contribution in [2.45, 2.75) is 19.9 Å². The van der Waals surface area contributed by atoms with E-state index in [0.29, 0.717) is 12.6 Å². The van der Waals surface area contributed by atoms with Crippen LogP contribution < -0.4 is 4.74 Å². The Hall–Kier alpha value is -2.64. The molecule has 1 saturated heterocycles. The summed E-state index contributed by atoms with van der Waals surface area (Å²) in [7, 11) is 0. The fourth-order valence-corrected chi connectivity index (χ4v) is 3.69. The van der Waals surface area contributed by atoms with Crippen LogP contribution in [0.25, 0.3) is 22.5 Å². The van der Waals surface area contributed by atoms with Crippen molar-refractivity contribution in [1.29, 1.82) is 0 Å². The van der Waals surface area contributed by atoms with Crippen molar-refractivity contribution in [3.8, 4) is 28.3 Å². The number of hydrogen-bond acceptors (Lipinski definition) is 5. The fraction of sp³-hybridized carbons (Fsp3) is 0.429. The van der Waals surface area contributed by atoms with Crippen molar-refractivity contribution in [2.24, 2.45) is 0 Å². The molecule has 1 aliphatic heterocycles. The summed E-state index contributed by atoms with van der Waals surface area (Å²) >= 11 is 0. The second-order valence-electron chi connectivity index (χ2n) is 7.06. The maximum Gasteiger partial charge on any atom is 0.119 e. The van der Waals surface area contributed by atoms with E-state index in [4.69, 9.17) is 9.47 Å². The number of benzene rings is 1. The topological polar surface area (TPSA) is 68.2 Å². The predicted molar refractivity (Wildman–Crippen MR) is 108 cm³/mol. The zero-order valence-electron chi connectivity index (χ0n) is 16.5. The third-order valence-corrected chi connectivity index (χ3v) is 5.14. The minimum absolute atomic E-state index is 0.304. The molecule has 148 valence electrons. The Morgan fingerprint density at radius 1 is 1.18 bits per heavy atom. The van der Waals surface area contributed by atoms with Gasteiger partial charge in [-0.25, -0.2) is 4.98 Å². The van der Waals surface area contributed by atoms with E-state index in [0.717, 1.165) is 61.1 Å². The van der Waals surface area contributed by atoms with Gasteiger partial charge in [0.05, 0.1) is 49.9 Å². The van der Waals surface area contributed by atoms with Crippen LogP contribution in [0.4, 0.5) is 0 Å². The van der Waals surface area contributed by atoms with Crippen LogP contribution in [0.15, 0.2) is 43.0 Å². The van der Waals surface area contributed by atoms with Crippen LogP contribution in [0.1, 0.15) is 19.9 Å². The third-order valence-electron chi connectivity index (χ3n) is 5.14. The second-order valence-corrected chi connectivity index (χ2v) is 7.06. The van der Waals surface area contributed by atoms with Gasteiger partial charge in [0.2, 0.25) is 0 Å². The first-order chi connectivity index (χ1) is 13.8. The number of rotatable bonds is 7. The van der Waals surface area contributed by atoms with E-state index < -0.39 is 0 Å². The lowest BCUT2D eigenvalue weighted by atomic mass is 10.1. The molecule has 3 heterocycles. The quantitative estimate of drug-likeness (QED) is 0.681. The first-order valence-corrected chi connectivity index (χ1v) is 9.85.